The fourth-order valence-corrected chi connectivity index (χ4v) is 1.69. The molecule has 0 saturated carbocycles. The number of rotatable bonds is 6. The van der Waals surface area contributed by atoms with Gasteiger partial charge in [-0.2, -0.15) is 5.26 Å². The van der Waals surface area contributed by atoms with Gasteiger partial charge in [-0.05, 0) is 18.9 Å². The van der Waals surface area contributed by atoms with Crippen molar-refractivity contribution in [2.75, 3.05) is 0 Å². The minimum Gasteiger partial charge on any atom is -0.353 e. The van der Waals surface area contributed by atoms with Gasteiger partial charge in [0.15, 0.2) is 0 Å². The summed E-state index contributed by atoms with van der Waals surface area (Å²) in [5, 5.41) is 11.3. The van der Waals surface area contributed by atoms with E-state index in [1.807, 2.05) is 43.3 Å². The van der Waals surface area contributed by atoms with Gasteiger partial charge < -0.3 is 11.1 Å². The number of carbonyl (C=O) groups excluding carboxylic acids is 1. The molecule has 1 aromatic rings. The smallest absolute Gasteiger partial charge is 0.220 e. The largest absolute Gasteiger partial charge is 0.353 e. The van der Waals surface area contributed by atoms with Crippen LogP contribution in [0.2, 0.25) is 0 Å². The minimum atomic E-state index is -0.122. The first-order valence-corrected chi connectivity index (χ1v) is 6.10. The molecule has 1 aromatic carbocycles. The van der Waals surface area contributed by atoms with Gasteiger partial charge in [0.05, 0.1) is 12.5 Å². The van der Waals surface area contributed by atoms with Crippen molar-refractivity contribution in [3.05, 3.63) is 35.9 Å². The Hall–Kier alpha value is -1.86. The van der Waals surface area contributed by atoms with Gasteiger partial charge in [0, 0.05) is 18.5 Å². The van der Waals surface area contributed by atoms with E-state index in [2.05, 4.69) is 5.32 Å². The Morgan fingerprint density at radius 3 is 2.72 bits per heavy atom. The number of nitrogens with one attached hydrogen (secondary N) is 1. The summed E-state index contributed by atoms with van der Waals surface area (Å²) < 4.78 is 0. The molecule has 0 aliphatic heterocycles. The standard InChI is InChI=1S/C14H19N3O/c1-11(9-10-15)17-14(18)8-7-13(16)12-5-3-2-4-6-12/h2-6,11,13H,7-9,16H2,1H3,(H,17,18). The lowest BCUT2D eigenvalue weighted by atomic mass is 10.0. The quantitative estimate of drug-likeness (QED) is 0.803. The van der Waals surface area contributed by atoms with Gasteiger partial charge >= 0.3 is 0 Å². The summed E-state index contributed by atoms with van der Waals surface area (Å²) in [5.74, 6) is -0.0517. The number of carbonyl (C=O) groups is 1. The molecule has 0 radical (unpaired) electrons. The number of benzene rings is 1. The van der Waals surface area contributed by atoms with E-state index in [-0.39, 0.29) is 18.0 Å². The molecule has 18 heavy (non-hydrogen) atoms. The predicted molar refractivity (Wildman–Crippen MR) is 70.4 cm³/mol. The molecule has 1 rings (SSSR count). The van der Waals surface area contributed by atoms with Crippen LogP contribution >= 0.6 is 0 Å². The highest BCUT2D eigenvalue weighted by Crippen LogP contribution is 2.14. The number of hydrogen-bond acceptors (Lipinski definition) is 3. The van der Waals surface area contributed by atoms with Crippen LogP contribution in [0.3, 0.4) is 0 Å². The summed E-state index contributed by atoms with van der Waals surface area (Å²) in [4.78, 5) is 11.6. The maximum Gasteiger partial charge on any atom is 0.220 e. The number of nitriles is 1. The third-order valence-corrected chi connectivity index (χ3v) is 2.71. The normalized spacial score (nSPS) is 13.4. The monoisotopic (exact) mass is 245 g/mol. The van der Waals surface area contributed by atoms with E-state index in [0.29, 0.717) is 19.3 Å². The second-order valence-corrected chi connectivity index (χ2v) is 4.39. The number of amides is 1. The van der Waals surface area contributed by atoms with Gasteiger partial charge in [0.25, 0.3) is 0 Å². The molecule has 0 aromatic heterocycles. The molecule has 4 nitrogen and oxygen atoms in total. The fourth-order valence-electron chi connectivity index (χ4n) is 1.69. The van der Waals surface area contributed by atoms with Crippen molar-refractivity contribution in [1.29, 1.82) is 5.26 Å². The molecular formula is C14H19N3O. The van der Waals surface area contributed by atoms with E-state index >= 15 is 0 Å². The van der Waals surface area contributed by atoms with E-state index in [4.69, 9.17) is 11.0 Å². The summed E-state index contributed by atoms with van der Waals surface area (Å²) in [7, 11) is 0. The number of nitrogens with zero attached hydrogens (tertiary/aromatic N) is 1. The molecule has 2 unspecified atom stereocenters. The van der Waals surface area contributed by atoms with Crippen LogP contribution in [0, 0.1) is 11.3 Å². The molecule has 0 bridgehead atoms. The molecule has 0 spiro atoms. The average Bonchev–Trinajstić information content (AvgIpc) is 2.37. The van der Waals surface area contributed by atoms with Crippen molar-refractivity contribution in [2.24, 2.45) is 5.73 Å². The van der Waals surface area contributed by atoms with Crippen LogP contribution in [0.25, 0.3) is 0 Å². The molecule has 0 heterocycles. The van der Waals surface area contributed by atoms with E-state index in [1.165, 1.54) is 0 Å². The molecule has 0 fully saturated rings. The highest BCUT2D eigenvalue weighted by molar-refractivity contribution is 5.76. The molecule has 96 valence electrons. The lowest BCUT2D eigenvalue weighted by Crippen LogP contribution is -2.32. The number of nitrogens with two attached hydrogens (primary N) is 1. The Morgan fingerprint density at radius 1 is 1.44 bits per heavy atom. The van der Waals surface area contributed by atoms with Crippen LogP contribution in [0.15, 0.2) is 30.3 Å². The Balaban J connectivity index is 2.33. The molecule has 1 amide bonds. The molecule has 4 heteroatoms. The van der Waals surface area contributed by atoms with E-state index < -0.39 is 0 Å². The summed E-state index contributed by atoms with van der Waals surface area (Å²) in [6.07, 6.45) is 1.32. The molecule has 2 atom stereocenters. The fraction of sp³-hybridized carbons (Fsp3) is 0.429. The van der Waals surface area contributed by atoms with Gasteiger partial charge in [-0.25, -0.2) is 0 Å². The van der Waals surface area contributed by atoms with Crippen LogP contribution in [0.5, 0.6) is 0 Å². The van der Waals surface area contributed by atoms with E-state index in [9.17, 15) is 4.79 Å². The van der Waals surface area contributed by atoms with E-state index in [0.717, 1.165) is 5.56 Å². The first kappa shape index (κ1) is 14.2. The van der Waals surface area contributed by atoms with Gasteiger partial charge in [0.2, 0.25) is 5.91 Å². The average molecular weight is 245 g/mol. The maximum atomic E-state index is 11.6. The van der Waals surface area contributed by atoms with Gasteiger partial charge in [-0.15, -0.1) is 0 Å². The van der Waals surface area contributed by atoms with Crippen molar-refractivity contribution in [2.45, 2.75) is 38.3 Å². The zero-order valence-corrected chi connectivity index (χ0v) is 10.6. The van der Waals surface area contributed by atoms with Crippen molar-refractivity contribution >= 4 is 5.91 Å². The maximum absolute atomic E-state index is 11.6. The molecule has 0 aliphatic rings. The predicted octanol–water partition coefficient (Wildman–Crippen LogP) is 1.88. The van der Waals surface area contributed by atoms with Crippen LogP contribution in [-0.4, -0.2) is 11.9 Å². The topological polar surface area (TPSA) is 78.9 Å². The highest BCUT2D eigenvalue weighted by Gasteiger charge is 2.10. The second-order valence-electron chi connectivity index (χ2n) is 4.39. The Labute approximate surface area is 108 Å². The highest BCUT2D eigenvalue weighted by atomic mass is 16.1. The van der Waals surface area contributed by atoms with Crippen LogP contribution in [0.1, 0.15) is 37.8 Å². The van der Waals surface area contributed by atoms with Crippen LogP contribution in [-0.2, 0) is 4.79 Å². The van der Waals surface area contributed by atoms with Crippen molar-refractivity contribution in [3.63, 3.8) is 0 Å². The number of hydrogen-bond donors (Lipinski definition) is 2. The summed E-state index contributed by atoms with van der Waals surface area (Å²) in [5.41, 5.74) is 7.04. The molecule has 3 N–H and O–H groups in total. The lowest BCUT2D eigenvalue weighted by molar-refractivity contribution is -0.121. The second kappa shape index (κ2) is 7.46. The third-order valence-electron chi connectivity index (χ3n) is 2.71. The van der Waals surface area contributed by atoms with E-state index in [1.54, 1.807) is 0 Å². The Bertz CT molecular complexity index is 411. The Kier molecular flexibility index (Phi) is 5.89. The first-order valence-electron chi connectivity index (χ1n) is 6.10. The molecular weight excluding hydrogens is 226 g/mol. The van der Waals surface area contributed by atoms with Gasteiger partial charge in [-0.1, -0.05) is 30.3 Å². The lowest BCUT2D eigenvalue weighted by Gasteiger charge is -2.13. The summed E-state index contributed by atoms with van der Waals surface area (Å²) in [6.45, 7) is 1.82. The van der Waals surface area contributed by atoms with Gasteiger partial charge in [0.1, 0.15) is 0 Å². The van der Waals surface area contributed by atoms with Crippen molar-refractivity contribution in [3.8, 4) is 6.07 Å². The third kappa shape index (κ3) is 4.98. The summed E-state index contributed by atoms with van der Waals surface area (Å²) in [6, 6.07) is 11.5. The van der Waals surface area contributed by atoms with Crippen LogP contribution < -0.4 is 11.1 Å². The van der Waals surface area contributed by atoms with Crippen molar-refractivity contribution < 1.29 is 4.79 Å². The minimum absolute atomic E-state index is 0.0517. The molecule has 0 saturated heterocycles. The SMILES string of the molecule is CC(CC#N)NC(=O)CCC(N)c1ccccc1. The first-order chi connectivity index (χ1) is 8.63. The molecule has 0 aliphatic carbocycles. The zero-order chi connectivity index (χ0) is 13.4. The Morgan fingerprint density at radius 2 is 2.11 bits per heavy atom. The summed E-state index contributed by atoms with van der Waals surface area (Å²) >= 11 is 0. The van der Waals surface area contributed by atoms with Gasteiger partial charge in [-0.3, -0.25) is 4.79 Å². The van der Waals surface area contributed by atoms with Crippen LogP contribution in [0.4, 0.5) is 0 Å². The zero-order valence-electron chi connectivity index (χ0n) is 10.6. The van der Waals surface area contributed by atoms with Crippen molar-refractivity contribution in [1.82, 2.24) is 5.32 Å².